The number of nitrogens with zero attached hydrogens (tertiary/aromatic N) is 3. The second-order valence-corrected chi connectivity index (χ2v) is 8.29. The van der Waals surface area contributed by atoms with Crippen molar-refractivity contribution in [3.63, 3.8) is 0 Å². The van der Waals surface area contributed by atoms with Crippen LogP contribution in [0.1, 0.15) is 26.3 Å². The molecular weight excluding hydrogens is 382 g/mol. The topological polar surface area (TPSA) is 83.0 Å². The second-order valence-electron chi connectivity index (χ2n) is 8.29. The molecule has 3 rings (SSSR count). The number of hydrogen-bond donors (Lipinski definition) is 2. The van der Waals surface area contributed by atoms with Crippen LogP contribution in [0.3, 0.4) is 0 Å². The maximum absolute atomic E-state index is 13.7. The molecule has 1 aliphatic rings. The molecule has 0 saturated carbocycles. The Kier molecular flexibility index (Phi) is 6.50. The fourth-order valence-corrected chi connectivity index (χ4v) is 3.64. The number of carbonyl (C=O) groups excluding carboxylic acids is 2. The highest BCUT2D eigenvalue weighted by Crippen LogP contribution is 2.28. The monoisotopic (exact) mass is 412 g/mol. The van der Waals surface area contributed by atoms with Gasteiger partial charge in [0.2, 0.25) is 0 Å². The lowest BCUT2D eigenvalue weighted by molar-refractivity contribution is -1.10. The largest absolute Gasteiger partial charge is 0.490 e. The maximum Gasteiger partial charge on any atom is 0.490 e. The lowest BCUT2D eigenvalue weighted by atomic mass is 10.0. The fraction of sp³-hybridized carbons (Fsp3) is 0.409. The summed E-state index contributed by atoms with van der Waals surface area (Å²) in [5, 5.41) is 5.40. The number of carbonyl (C=O) groups is 2. The van der Waals surface area contributed by atoms with Gasteiger partial charge < -0.3 is 5.32 Å². The Morgan fingerprint density at radius 3 is 2.50 bits per heavy atom. The summed E-state index contributed by atoms with van der Waals surface area (Å²) in [6.07, 6.45) is -0.904. The van der Waals surface area contributed by atoms with Crippen molar-refractivity contribution in [3.8, 4) is 0 Å². The van der Waals surface area contributed by atoms with E-state index in [9.17, 15) is 9.59 Å². The Balaban J connectivity index is 1.99. The van der Waals surface area contributed by atoms with Gasteiger partial charge in [0.15, 0.2) is 5.54 Å². The summed E-state index contributed by atoms with van der Waals surface area (Å²) >= 11 is 0. The number of urea groups is 1. The third kappa shape index (κ3) is 4.35. The Labute approximate surface area is 177 Å². The first kappa shape index (κ1) is 21.9. The molecule has 2 aromatic rings. The lowest BCUT2D eigenvalue weighted by Gasteiger charge is -2.43. The first-order chi connectivity index (χ1) is 14.3. The number of hydroxylamine groups is 2. The molecule has 2 aromatic carbocycles. The van der Waals surface area contributed by atoms with Gasteiger partial charge in [0.25, 0.3) is 0 Å². The van der Waals surface area contributed by atoms with Gasteiger partial charge in [0.1, 0.15) is 0 Å². The smallest absolute Gasteiger partial charge is 0.313 e. The summed E-state index contributed by atoms with van der Waals surface area (Å²) in [7, 11) is 0. The van der Waals surface area contributed by atoms with Crippen molar-refractivity contribution in [2.75, 3.05) is 26.2 Å². The van der Waals surface area contributed by atoms with Gasteiger partial charge in [-0.05, 0) is 43.8 Å². The van der Waals surface area contributed by atoms with E-state index >= 15 is 0 Å². The molecular formula is C22H30N5O3+. The van der Waals surface area contributed by atoms with Crippen molar-refractivity contribution in [1.29, 1.82) is 0 Å². The summed E-state index contributed by atoms with van der Waals surface area (Å²) < 4.78 is -0.714. The summed E-state index contributed by atoms with van der Waals surface area (Å²) in [6, 6.07) is 13.7. The van der Waals surface area contributed by atoms with E-state index < -0.39 is 16.4 Å². The van der Waals surface area contributed by atoms with E-state index in [-0.39, 0.29) is 6.03 Å². The number of quaternary nitrogens is 1. The van der Waals surface area contributed by atoms with E-state index in [0.717, 1.165) is 16.3 Å². The van der Waals surface area contributed by atoms with Crippen LogP contribution in [0.25, 0.3) is 10.8 Å². The molecule has 0 aromatic heterocycles. The van der Waals surface area contributed by atoms with Crippen LogP contribution in [0.4, 0.5) is 9.59 Å². The Bertz CT molecular complexity index is 929. The van der Waals surface area contributed by atoms with E-state index in [1.807, 2.05) is 63.2 Å². The molecule has 1 unspecified atom stereocenters. The maximum atomic E-state index is 13.7. The fourth-order valence-electron chi connectivity index (χ4n) is 3.64. The highest BCUT2D eigenvalue weighted by atomic mass is 16.8. The van der Waals surface area contributed by atoms with Crippen LogP contribution in [-0.4, -0.2) is 60.2 Å². The van der Waals surface area contributed by atoms with Crippen LogP contribution < -0.4 is 10.7 Å². The Hall–Kier alpha value is -2.81. The average Bonchev–Trinajstić information content (AvgIpc) is 2.75. The zero-order valence-corrected chi connectivity index (χ0v) is 17.9. The summed E-state index contributed by atoms with van der Waals surface area (Å²) in [5.41, 5.74) is 3.44. The van der Waals surface area contributed by atoms with E-state index in [2.05, 4.69) is 22.5 Å². The summed E-state index contributed by atoms with van der Waals surface area (Å²) in [6.45, 7) is 11.6. The number of benzene rings is 2. The van der Waals surface area contributed by atoms with Gasteiger partial charge in [-0.25, -0.2) is 14.4 Å². The standard InChI is InChI=1S/C22H30N5O3/c1-22(2,3)27(30-20(28)23-4,21(29)26-14-12-24-13-15-26)25-16-18-10-7-9-17-8-5-6-11-19(17)18/h5-11,24-25H,4,12-16H2,1-3H3/q+1. The summed E-state index contributed by atoms with van der Waals surface area (Å²) in [4.78, 5) is 36.6. The molecule has 1 aliphatic heterocycles. The van der Waals surface area contributed by atoms with Crippen LogP contribution in [-0.2, 0) is 11.4 Å². The number of rotatable bonds is 3. The van der Waals surface area contributed by atoms with Crippen molar-refractivity contribution in [1.82, 2.24) is 15.6 Å². The van der Waals surface area contributed by atoms with Crippen molar-refractivity contribution in [3.05, 3.63) is 48.0 Å². The third-order valence-corrected chi connectivity index (χ3v) is 5.32. The van der Waals surface area contributed by atoms with Gasteiger partial charge in [0, 0.05) is 30.9 Å². The summed E-state index contributed by atoms with van der Waals surface area (Å²) in [5.74, 6) is 0. The lowest BCUT2D eigenvalue weighted by Crippen LogP contribution is -2.74. The third-order valence-electron chi connectivity index (χ3n) is 5.32. The number of hydrogen-bond acceptors (Lipinski definition) is 5. The molecule has 1 heterocycles. The van der Waals surface area contributed by atoms with E-state index in [0.29, 0.717) is 32.7 Å². The van der Waals surface area contributed by atoms with Crippen LogP contribution in [0, 0.1) is 0 Å². The molecule has 0 spiro atoms. The zero-order chi connectivity index (χ0) is 21.8. The molecule has 8 nitrogen and oxygen atoms in total. The molecule has 1 atom stereocenters. The van der Waals surface area contributed by atoms with Crippen LogP contribution in [0.5, 0.6) is 0 Å². The molecule has 0 bridgehead atoms. The minimum atomic E-state index is -0.904. The zero-order valence-electron chi connectivity index (χ0n) is 17.9. The van der Waals surface area contributed by atoms with E-state index in [1.165, 1.54) is 0 Å². The molecule has 30 heavy (non-hydrogen) atoms. The van der Waals surface area contributed by atoms with Crippen molar-refractivity contribution < 1.29 is 19.2 Å². The molecule has 2 N–H and O–H groups in total. The average molecular weight is 413 g/mol. The second kappa shape index (κ2) is 8.91. The van der Waals surface area contributed by atoms with Gasteiger partial charge in [-0.3, -0.25) is 4.90 Å². The molecule has 1 fully saturated rings. The first-order valence-corrected chi connectivity index (χ1v) is 10.1. The Morgan fingerprint density at radius 1 is 1.17 bits per heavy atom. The molecule has 1 saturated heterocycles. The van der Waals surface area contributed by atoms with Crippen LogP contribution in [0.15, 0.2) is 47.5 Å². The van der Waals surface area contributed by atoms with Gasteiger partial charge in [-0.1, -0.05) is 42.5 Å². The predicted molar refractivity (Wildman–Crippen MR) is 117 cm³/mol. The van der Waals surface area contributed by atoms with Crippen molar-refractivity contribution in [2.24, 2.45) is 4.99 Å². The van der Waals surface area contributed by atoms with E-state index in [4.69, 9.17) is 4.84 Å². The highest BCUT2D eigenvalue weighted by molar-refractivity contribution is 5.85. The number of fused-ring (bicyclic) bond motifs is 1. The minimum Gasteiger partial charge on any atom is -0.313 e. The van der Waals surface area contributed by atoms with Gasteiger partial charge >= 0.3 is 12.1 Å². The molecule has 0 aliphatic carbocycles. The van der Waals surface area contributed by atoms with Gasteiger partial charge in [0.05, 0.1) is 6.54 Å². The molecule has 3 amide bonds. The molecule has 0 radical (unpaired) electrons. The SMILES string of the molecule is C=NC(=O)O[N+](NCc1cccc2ccccc12)(C(=O)N1CCNCC1)C(C)(C)C. The van der Waals surface area contributed by atoms with Gasteiger partial charge in [-0.2, -0.15) is 4.99 Å². The minimum absolute atomic E-state index is 0.320. The predicted octanol–water partition coefficient (Wildman–Crippen LogP) is 3.24. The van der Waals surface area contributed by atoms with Crippen molar-refractivity contribution >= 4 is 29.6 Å². The van der Waals surface area contributed by atoms with Crippen LogP contribution in [0.2, 0.25) is 0 Å². The quantitative estimate of drug-likeness (QED) is 0.459. The molecule has 160 valence electrons. The highest BCUT2D eigenvalue weighted by Gasteiger charge is 2.56. The first-order valence-electron chi connectivity index (χ1n) is 10.1. The van der Waals surface area contributed by atoms with Crippen molar-refractivity contribution in [2.45, 2.75) is 32.9 Å². The molecule has 8 heteroatoms. The van der Waals surface area contributed by atoms with E-state index in [1.54, 1.807) is 4.90 Å². The number of nitrogens with one attached hydrogen (secondary N) is 2. The normalized spacial score (nSPS) is 16.7. The number of aliphatic imine (C=N–C) groups is 1. The Morgan fingerprint density at radius 2 is 1.83 bits per heavy atom. The van der Waals surface area contributed by atoms with Crippen LogP contribution >= 0.6 is 0 Å². The van der Waals surface area contributed by atoms with Gasteiger partial charge in [-0.15, -0.1) is 5.43 Å². The number of amides is 3. The number of piperazine rings is 1.